The zero-order valence-corrected chi connectivity index (χ0v) is 15.0. The van der Waals surface area contributed by atoms with Gasteiger partial charge in [-0.25, -0.2) is 4.79 Å². The lowest BCUT2D eigenvalue weighted by Crippen LogP contribution is -2.12. The Hall–Kier alpha value is -4.19. The second-order valence-corrected chi connectivity index (χ2v) is 5.59. The zero-order chi connectivity index (χ0) is 20.8. The van der Waals surface area contributed by atoms with Crippen molar-refractivity contribution in [2.75, 3.05) is 7.11 Å². The lowest BCUT2D eigenvalue weighted by atomic mass is 10.1. The lowest BCUT2D eigenvalue weighted by molar-refractivity contribution is -0.385. The van der Waals surface area contributed by atoms with Gasteiger partial charge in [0.25, 0.3) is 11.6 Å². The monoisotopic (exact) mass is 381 g/mol. The van der Waals surface area contributed by atoms with E-state index in [-0.39, 0.29) is 28.3 Å². The Bertz CT molecular complexity index is 1040. The van der Waals surface area contributed by atoms with Crippen molar-refractivity contribution in [2.24, 2.45) is 5.73 Å². The number of nitrogens with zero attached hydrogens (tertiary/aromatic N) is 2. The number of carbonyl (C=O) groups is 2. The second-order valence-electron chi connectivity index (χ2n) is 5.59. The molecule has 0 aliphatic heterocycles. The summed E-state index contributed by atoms with van der Waals surface area (Å²) in [5.74, 6) is -1.32. The summed E-state index contributed by atoms with van der Waals surface area (Å²) in [7, 11) is 1.36. The quantitative estimate of drug-likeness (QED) is 0.202. The number of nitrogens with two attached hydrogens (primary N) is 1. The van der Waals surface area contributed by atoms with E-state index in [2.05, 4.69) is 0 Å². The molecule has 0 saturated carbocycles. The first-order valence-electron chi connectivity index (χ1n) is 7.83. The third-order valence-electron chi connectivity index (χ3n) is 3.72. The van der Waals surface area contributed by atoms with Gasteiger partial charge in [0.1, 0.15) is 11.6 Å². The third kappa shape index (κ3) is 4.50. The van der Waals surface area contributed by atoms with E-state index in [0.29, 0.717) is 11.1 Å². The van der Waals surface area contributed by atoms with Crippen LogP contribution in [0.25, 0.3) is 6.08 Å². The number of primary amides is 1. The molecule has 0 aromatic heterocycles. The molecule has 2 aromatic rings. The molecule has 0 heterocycles. The van der Waals surface area contributed by atoms with E-state index in [9.17, 15) is 19.7 Å². The maximum Gasteiger partial charge on any atom is 0.343 e. The summed E-state index contributed by atoms with van der Waals surface area (Å²) in [6, 6.07) is 9.96. The molecule has 2 N–H and O–H groups in total. The molecule has 0 aliphatic rings. The second kappa shape index (κ2) is 8.46. The standard InChI is InChI=1S/C19H15N3O6/c1-11-7-13(4-5-15(11)22(25)26)19(24)28-16-6-3-12(9-17(16)27-2)8-14(10-20)18(21)23/h3-9H,1-2H3,(H2,21,23)/b14-8+. The van der Waals surface area contributed by atoms with Crippen LogP contribution in [0, 0.1) is 28.4 Å². The molecular formula is C19H15N3O6. The number of nitro benzene ring substituents is 1. The van der Waals surface area contributed by atoms with E-state index in [1.54, 1.807) is 6.07 Å². The minimum Gasteiger partial charge on any atom is -0.493 e. The maximum atomic E-state index is 12.4. The number of ether oxygens (including phenoxy) is 2. The van der Waals surface area contributed by atoms with Gasteiger partial charge < -0.3 is 15.2 Å². The van der Waals surface area contributed by atoms with Crippen molar-refractivity contribution < 1.29 is 24.0 Å². The smallest absolute Gasteiger partial charge is 0.343 e. The number of rotatable bonds is 6. The number of amides is 1. The van der Waals surface area contributed by atoms with E-state index in [0.717, 1.165) is 0 Å². The van der Waals surface area contributed by atoms with E-state index in [4.69, 9.17) is 20.5 Å². The molecular weight excluding hydrogens is 366 g/mol. The molecule has 28 heavy (non-hydrogen) atoms. The van der Waals surface area contributed by atoms with Crippen molar-refractivity contribution in [1.29, 1.82) is 5.26 Å². The average molecular weight is 381 g/mol. The zero-order valence-electron chi connectivity index (χ0n) is 15.0. The van der Waals surface area contributed by atoms with E-state index in [1.165, 1.54) is 56.5 Å². The molecule has 0 aliphatic carbocycles. The molecule has 142 valence electrons. The number of aryl methyl sites for hydroxylation is 1. The van der Waals surface area contributed by atoms with Gasteiger partial charge in [0, 0.05) is 11.6 Å². The van der Waals surface area contributed by atoms with Crippen molar-refractivity contribution in [3.05, 3.63) is 68.8 Å². The molecule has 0 bridgehead atoms. The van der Waals surface area contributed by atoms with Crippen molar-refractivity contribution in [3.8, 4) is 17.6 Å². The summed E-state index contributed by atoms with van der Waals surface area (Å²) in [4.78, 5) is 33.8. The molecule has 0 unspecified atom stereocenters. The van der Waals surface area contributed by atoms with Crippen LogP contribution in [0.2, 0.25) is 0 Å². The topological polar surface area (TPSA) is 146 Å². The van der Waals surface area contributed by atoms with Gasteiger partial charge in [-0.05, 0) is 42.8 Å². The molecule has 9 nitrogen and oxygen atoms in total. The van der Waals surface area contributed by atoms with Gasteiger partial charge in [-0.15, -0.1) is 0 Å². The molecule has 0 fully saturated rings. The van der Waals surface area contributed by atoms with Crippen LogP contribution < -0.4 is 15.2 Å². The summed E-state index contributed by atoms with van der Waals surface area (Å²) >= 11 is 0. The fourth-order valence-corrected chi connectivity index (χ4v) is 2.33. The molecule has 9 heteroatoms. The van der Waals surface area contributed by atoms with Crippen molar-refractivity contribution in [2.45, 2.75) is 6.92 Å². The minimum atomic E-state index is -0.870. The predicted octanol–water partition coefficient (Wildman–Crippen LogP) is 2.52. The summed E-state index contributed by atoms with van der Waals surface area (Å²) in [6.45, 7) is 1.52. The van der Waals surface area contributed by atoms with Gasteiger partial charge >= 0.3 is 5.97 Å². The summed E-state index contributed by atoms with van der Waals surface area (Å²) in [5.41, 5.74) is 5.65. The van der Waals surface area contributed by atoms with Crippen LogP contribution in [-0.2, 0) is 4.79 Å². The van der Waals surface area contributed by atoms with Gasteiger partial charge in [-0.1, -0.05) is 6.07 Å². The van der Waals surface area contributed by atoms with Gasteiger partial charge in [-0.2, -0.15) is 5.26 Å². The maximum absolute atomic E-state index is 12.4. The van der Waals surface area contributed by atoms with Crippen molar-refractivity contribution >= 4 is 23.6 Å². The normalized spacial score (nSPS) is 10.7. The molecule has 0 spiro atoms. The van der Waals surface area contributed by atoms with Crippen LogP contribution in [-0.4, -0.2) is 23.9 Å². The molecule has 1 amide bonds. The van der Waals surface area contributed by atoms with Gasteiger partial charge in [0.2, 0.25) is 0 Å². The first-order chi connectivity index (χ1) is 13.3. The fraction of sp³-hybridized carbons (Fsp3) is 0.105. The van der Waals surface area contributed by atoms with E-state index >= 15 is 0 Å². The lowest BCUT2D eigenvalue weighted by Gasteiger charge is -2.10. The van der Waals surface area contributed by atoms with Gasteiger partial charge in [-0.3, -0.25) is 14.9 Å². The van der Waals surface area contributed by atoms with Gasteiger partial charge in [0.05, 0.1) is 17.6 Å². The number of hydrogen-bond acceptors (Lipinski definition) is 7. The average Bonchev–Trinajstić information content (AvgIpc) is 2.66. The first-order valence-corrected chi connectivity index (χ1v) is 7.83. The third-order valence-corrected chi connectivity index (χ3v) is 3.72. The van der Waals surface area contributed by atoms with Gasteiger partial charge in [0.15, 0.2) is 11.5 Å². The highest BCUT2D eigenvalue weighted by atomic mass is 16.6. The Morgan fingerprint density at radius 1 is 1.21 bits per heavy atom. The van der Waals surface area contributed by atoms with E-state index in [1.807, 2.05) is 0 Å². The molecule has 0 saturated heterocycles. The summed E-state index contributed by atoms with van der Waals surface area (Å²) in [5, 5.41) is 19.8. The highest BCUT2D eigenvalue weighted by Crippen LogP contribution is 2.30. The number of nitriles is 1. The van der Waals surface area contributed by atoms with Crippen molar-refractivity contribution in [1.82, 2.24) is 0 Å². The molecule has 2 rings (SSSR count). The van der Waals surface area contributed by atoms with E-state index < -0.39 is 16.8 Å². The Balaban J connectivity index is 2.30. The Labute approximate surface area is 159 Å². The molecule has 0 radical (unpaired) electrons. The highest BCUT2D eigenvalue weighted by molar-refractivity contribution is 6.00. The van der Waals surface area contributed by atoms with Crippen LogP contribution in [0.1, 0.15) is 21.5 Å². The fourth-order valence-electron chi connectivity index (χ4n) is 2.33. The number of benzene rings is 2. The number of nitro groups is 1. The highest BCUT2D eigenvalue weighted by Gasteiger charge is 2.17. The number of esters is 1. The van der Waals surface area contributed by atoms with Crippen molar-refractivity contribution in [3.63, 3.8) is 0 Å². The summed E-state index contributed by atoms with van der Waals surface area (Å²) in [6.07, 6.45) is 1.27. The number of hydrogen-bond donors (Lipinski definition) is 1. The Kier molecular flexibility index (Phi) is 6.08. The SMILES string of the molecule is COc1cc(/C=C(\C#N)C(N)=O)ccc1OC(=O)c1ccc([N+](=O)[O-])c(C)c1. The molecule has 0 atom stereocenters. The summed E-state index contributed by atoms with van der Waals surface area (Å²) < 4.78 is 10.5. The number of methoxy groups -OCH3 is 1. The van der Waals surface area contributed by atoms with Crippen LogP contribution in [0.5, 0.6) is 11.5 Å². The predicted molar refractivity (Wildman–Crippen MR) is 98.6 cm³/mol. The Morgan fingerprint density at radius 2 is 1.93 bits per heavy atom. The first kappa shape index (κ1) is 20.1. The van der Waals surface area contributed by atoms with Crippen LogP contribution in [0.15, 0.2) is 42.0 Å². The minimum absolute atomic E-state index is 0.0956. The Morgan fingerprint density at radius 3 is 2.46 bits per heavy atom. The van der Waals surface area contributed by atoms with Crippen LogP contribution in [0.3, 0.4) is 0 Å². The molecule has 2 aromatic carbocycles. The largest absolute Gasteiger partial charge is 0.493 e. The number of carbonyl (C=O) groups excluding carboxylic acids is 2. The van der Waals surface area contributed by atoms with Crippen LogP contribution >= 0.6 is 0 Å². The van der Waals surface area contributed by atoms with Crippen LogP contribution in [0.4, 0.5) is 5.69 Å².